The number of anilines is 1. The lowest BCUT2D eigenvalue weighted by atomic mass is 10.1. The third-order valence-electron chi connectivity index (χ3n) is 7.26. The van der Waals surface area contributed by atoms with Gasteiger partial charge in [-0.2, -0.15) is 0 Å². The van der Waals surface area contributed by atoms with Crippen LogP contribution in [0, 0.1) is 5.82 Å². The zero-order valence-electron chi connectivity index (χ0n) is 24.1. The van der Waals surface area contributed by atoms with Gasteiger partial charge in [0, 0.05) is 59.5 Å². The highest BCUT2D eigenvalue weighted by atomic mass is 35.5. The first-order valence-corrected chi connectivity index (χ1v) is 14.2. The lowest BCUT2D eigenvalue weighted by molar-refractivity contribution is -0.138. The maximum atomic E-state index is 14.2. The average molecular weight is 620 g/mol. The number of rotatable bonds is 9. The van der Waals surface area contributed by atoms with Crippen molar-refractivity contribution in [3.05, 3.63) is 64.6 Å². The second-order valence-corrected chi connectivity index (χ2v) is 11.3. The Morgan fingerprint density at radius 1 is 1.14 bits per heavy atom. The molecule has 2 heterocycles. The minimum atomic E-state index is -2.94. The third kappa shape index (κ3) is 7.67. The fourth-order valence-corrected chi connectivity index (χ4v) is 5.21. The highest BCUT2D eigenvalue weighted by molar-refractivity contribution is 6.30. The van der Waals surface area contributed by atoms with Gasteiger partial charge in [0.25, 0.3) is 5.92 Å². The van der Waals surface area contributed by atoms with Crippen molar-refractivity contribution in [1.82, 2.24) is 19.7 Å². The monoisotopic (exact) mass is 619 g/mol. The first-order chi connectivity index (χ1) is 20.3. The number of urea groups is 1. The summed E-state index contributed by atoms with van der Waals surface area (Å²) in [4.78, 5) is 53.6. The van der Waals surface area contributed by atoms with Crippen LogP contribution in [-0.2, 0) is 22.7 Å². The van der Waals surface area contributed by atoms with E-state index in [9.17, 15) is 32.3 Å². The summed E-state index contributed by atoms with van der Waals surface area (Å²) in [6.45, 7) is 3.86. The number of nitrogens with one attached hydrogen (secondary N) is 2. The Morgan fingerprint density at radius 2 is 1.88 bits per heavy atom. The van der Waals surface area contributed by atoms with E-state index in [1.54, 1.807) is 42.7 Å². The van der Waals surface area contributed by atoms with E-state index in [1.165, 1.54) is 30.2 Å². The van der Waals surface area contributed by atoms with Gasteiger partial charge in [0.05, 0.1) is 18.1 Å². The number of benzene rings is 2. The lowest BCUT2D eigenvalue weighted by Crippen LogP contribution is -2.47. The lowest BCUT2D eigenvalue weighted by Gasteiger charge is -2.32. The summed E-state index contributed by atoms with van der Waals surface area (Å²) in [6.07, 6.45) is 1.46. The molecular formula is C30H33ClF3N5O4. The number of likely N-dealkylation sites (tertiary alicyclic amines) is 1. The Labute approximate surface area is 251 Å². The Balaban J connectivity index is 1.47. The molecule has 13 heteroatoms. The predicted octanol–water partition coefficient (Wildman–Crippen LogP) is 5.45. The van der Waals surface area contributed by atoms with Crippen molar-refractivity contribution in [2.45, 2.75) is 58.7 Å². The molecule has 230 valence electrons. The maximum absolute atomic E-state index is 14.2. The largest absolute Gasteiger partial charge is 0.350 e. The molecule has 1 aliphatic heterocycles. The zero-order chi connectivity index (χ0) is 31.5. The molecule has 1 aliphatic rings. The smallest absolute Gasteiger partial charge is 0.322 e. The van der Waals surface area contributed by atoms with Crippen molar-refractivity contribution in [3.63, 3.8) is 0 Å². The van der Waals surface area contributed by atoms with Crippen molar-refractivity contribution in [2.75, 3.05) is 25.0 Å². The van der Waals surface area contributed by atoms with E-state index >= 15 is 0 Å². The minimum Gasteiger partial charge on any atom is -0.350 e. The van der Waals surface area contributed by atoms with Crippen molar-refractivity contribution < 1.29 is 32.3 Å². The number of halogens is 4. The molecule has 0 unspecified atom stereocenters. The summed E-state index contributed by atoms with van der Waals surface area (Å²) in [6, 6.07) is 8.22. The van der Waals surface area contributed by atoms with E-state index in [0.29, 0.717) is 22.2 Å². The van der Waals surface area contributed by atoms with Gasteiger partial charge in [0.1, 0.15) is 12.4 Å². The molecule has 1 aromatic heterocycles. The number of piperidine rings is 1. The molecule has 1 fully saturated rings. The number of hydrogen-bond acceptors (Lipinski definition) is 4. The van der Waals surface area contributed by atoms with Crippen molar-refractivity contribution in [1.29, 1.82) is 0 Å². The summed E-state index contributed by atoms with van der Waals surface area (Å²) in [5.41, 5.74) is 1.37. The molecule has 1 saturated heterocycles. The van der Waals surface area contributed by atoms with Crippen LogP contribution in [0.25, 0.3) is 10.9 Å². The topological polar surface area (TPSA) is 104 Å². The van der Waals surface area contributed by atoms with Crippen molar-refractivity contribution >= 4 is 51.8 Å². The van der Waals surface area contributed by atoms with Crippen LogP contribution in [-0.4, -0.2) is 69.6 Å². The molecule has 0 radical (unpaired) electrons. The first kappa shape index (κ1) is 31.9. The van der Waals surface area contributed by atoms with Crippen LogP contribution in [0.5, 0.6) is 0 Å². The molecule has 0 bridgehead atoms. The number of ketones is 1. The Hall–Kier alpha value is -4.06. The van der Waals surface area contributed by atoms with E-state index in [0.717, 1.165) is 4.90 Å². The van der Waals surface area contributed by atoms with E-state index in [2.05, 4.69) is 10.6 Å². The number of nitrogens with zero attached hydrogens (tertiary/aromatic N) is 3. The van der Waals surface area contributed by atoms with Crippen LogP contribution < -0.4 is 10.6 Å². The first-order valence-electron chi connectivity index (χ1n) is 13.8. The molecule has 0 aliphatic carbocycles. The van der Waals surface area contributed by atoms with E-state index in [1.807, 2.05) is 0 Å². The quantitative estimate of drug-likeness (QED) is 0.311. The van der Waals surface area contributed by atoms with Gasteiger partial charge in [0.15, 0.2) is 5.78 Å². The van der Waals surface area contributed by atoms with E-state index in [-0.39, 0.29) is 61.4 Å². The normalized spacial score (nSPS) is 14.6. The molecule has 0 saturated carbocycles. The summed E-state index contributed by atoms with van der Waals surface area (Å²) in [5.74, 6) is -4.73. The SMILES string of the molecule is CC(=O)c1cn(CC(=O)N(CC(=O)NCc2cccc(Cl)c2F)C(C)C)c2ccc(NC(=O)N3CCCC(F)(F)C3)cc12. The van der Waals surface area contributed by atoms with Crippen LogP contribution in [0.15, 0.2) is 42.6 Å². The molecule has 43 heavy (non-hydrogen) atoms. The zero-order valence-corrected chi connectivity index (χ0v) is 24.8. The molecule has 4 amide bonds. The minimum absolute atomic E-state index is 0.0595. The number of carbonyl (C=O) groups excluding carboxylic acids is 4. The van der Waals surface area contributed by atoms with Gasteiger partial charge in [0.2, 0.25) is 11.8 Å². The number of fused-ring (bicyclic) bond motifs is 1. The highest BCUT2D eigenvalue weighted by Gasteiger charge is 2.37. The highest BCUT2D eigenvalue weighted by Crippen LogP contribution is 2.29. The molecule has 3 aromatic rings. The number of Topliss-reactive ketones (excluding diaryl/α,β-unsaturated/α-hetero) is 1. The number of hydrogen-bond donors (Lipinski definition) is 2. The molecule has 4 rings (SSSR count). The predicted molar refractivity (Wildman–Crippen MR) is 157 cm³/mol. The van der Waals surface area contributed by atoms with Gasteiger partial charge >= 0.3 is 6.03 Å². The molecule has 0 spiro atoms. The second kappa shape index (κ2) is 13.1. The Morgan fingerprint density at radius 3 is 2.56 bits per heavy atom. The molecule has 2 aromatic carbocycles. The number of carbonyl (C=O) groups is 4. The van der Waals surface area contributed by atoms with Crippen molar-refractivity contribution in [3.8, 4) is 0 Å². The van der Waals surface area contributed by atoms with Crippen LogP contribution in [0.1, 0.15) is 49.5 Å². The van der Waals surface area contributed by atoms with Gasteiger partial charge in [-0.1, -0.05) is 23.7 Å². The van der Waals surface area contributed by atoms with Crippen LogP contribution in [0.3, 0.4) is 0 Å². The summed E-state index contributed by atoms with van der Waals surface area (Å²) in [5, 5.41) is 5.64. The Kier molecular flexibility index (Phi) is 9.69. The fraction of sp³-hybridized carbons (Fsp3) is 0.400. The molecule has 9 nitrogen and oxygen atoms in total. The average Bonchev–Trinajstić information content (AvgIpc) is 3.29. The summed E-state index contributed by atoms with van der Waals surface area (Å²) >= 11 is 5.80. The second-order valence-electron chi connectivity index (χ2n) is 10.9. The maximum Gasteiger partial charge on any atom is 0.322 e. The number of aromatic nitrogens is 1. The van der Waals surface area contributed by atoms with Gasteiger partial charge in [-0.25, -0.2) is 18.0 Å². The number of alkyl halides is 2. The Bertz CT molecular complexity index is 1560. The standard InChI is InChI=1S/C30H33ClF3N5O4/c1-18(2)39(15-26(41)35-13-20-6-4-7-24(31)28(20)32)27(42)16-38-14-23(19(3)40)22-12-21(8-9-25(22)38)36-29(43)37-11-5-10-30(33,34)17-37/h4,6-9,12,14,18H,5,10-11,13,15-17H2,1-3H3,(H,35,41)(H,36,43). The van der Waals surface area contributed by atoms with Crippen LogP contribution in [0.4, 0.5) is 23.7 Å². The summed E-state index contributed by atoms with van der Waals surface area (Å²) < 4.78 is 43.3. The fourth-order valence-electron chi connectivity index (χ4n) is 5.01. The van der Waals surface area contributed by atoms with Gasteiger partial charge in [-0.15, -0.1) is 0 Å². The van der Waals surface area contributed by atoms with Crippen LogP contribution in [0.2, 0.25) is 5.02 Å². The molecule has 0 atom stereocenters. The van der Waals surface area contributed by atoms with E-state index in [4.69, 9.17) is 11.6 Å². The van der Waals surface area contributed by atoms with Crippen LogP contribution >= 0.6 is 11.6 Å². The molecular weight excluding hydrogens is 587 g/mol. The van der Waals surface area contributed by atoms with E-state index < -0.39 is 36.1 Å². The van der Waals surface area contributed by atoms with Gasteiger partial charge in [-0.05, 0) is 51.5 Å². The number of amides is 4. The van der Waals surface area contributed by atoms with Crippen molar-refractivity contribution in [2.24, 2.45) is 0 Å². The third-order valence-corrected chi connectivity index (χ3v) is 7.55. The van der Waals surface area contributed by atoms with Gasteiger partial charge < -0.3 is 25.0 Å². The summed E-state index contributed by atoms with van der Waals surface area (Å²) in [7, 11) is 0. The van der Waals surface area contributed by atoms with Gasteiger partial charge in [-0.3, -0.25) is 14.4 Å². The molecule has 2 N–H and O–H groups in total.